The first-order valence-corrected chi connectivity index (χ1v) is 7.64. The van der Waals surface area contributed by atoms with Crippen molar-refractivity contribution in [2.75, 3.05) is 12.3 Å². The lowest BCUT2D eigenvalue weighted by Gasteiger charge is -2.12. The van der Waals surface area contributed by atoms with Gasteiger partial charge in [-0.1, -0.05) is 23.9 Å². The molecular formula is C14H17N3O3S. The molecule has 0 unspecified atom stereocenters. The van der Waals surface area contributed by atoms with Gasteiger partial charge in [-0.15, -0.1) is 0 Å². The van der Waals surface area contributed by atoms with E-state index in [9.17, 15) is 9.59 Å². The monoisotopic (exact) mass is 307 g/mol. The summed E-state index contributed by atoms with van der Waals surface area (Å²) < 4.78 is 5.50. The van der Waals surface area contributed by atoms with Crippen LogP contribution in [0.1, 0.15) is 13.8 Å². The minimum atomic E-state index is -0.554. The molecule has 2 aromatic rings. The average Bonchev–Trinajstić information content (AvgIpc) is 2.88. The van der Waals surface area contributed by atoms with E-state index in [0.29, 0.717) is 17.4 Å². The van der Waals surface area contributed by atoms with Crippen LogP contribution in [0.2, 0.25) is 0 Å². The van der Waals surface area contributed by atoms with E-state index in [-0.39, 0.29) is 17.6 Å². The molecule has 0 bridgehead atoms. The number of nitrogens with one attached hydrogen (secondary N) is 2. The minimum absolute atomic E-state index is 0.149. The SMILES string of the molecule is CCNC(=O)[C@@H](C)NC(=O)CSc1nc2ccccc2o1. The highest BCUT2D eigenvalue weighted by Crippen LogP contribution is 2.22. The van der Waals surface area contributed by atoms with Crippen molar-refractivity contribution in [1.82, 2.24) is 15.6 Å². The number of oxazole rings is 1. The number of benzene rings is 1. The number of amides is 2. The number of hydrogen-bond acceptors (Lipinski definition) is 5. The first kappa shape index (κ1) is 15.4. The summed E-state index contributed by atoms with van der Waals surface area (Å²) in [4.78, 5) is 27.5. The van der Waals surface area contributed by atoms with Crippen LogP contribution in [0.3, 0.4) is 0 Å². The number of aromatic nitrogens is 1. The third-order valence-corrected chi connectivity index (χ3v) is 3.55. The van der Waals surface area contributed by atoms with Crippen molar-refractivity contribution in [3.05, 3.63) is 24.3 Å². The van der Waals surface area contributed by atoms with E-state index < -0.39 is 6.04 Å². The van der Waals surface area contributed by atoms with Crippen LogP contribution < -0.4 is 10.6 Å². The summed E-state index contributed by atoms with van der Waals surface area (Å²) in [6.45, 7) is 4.01. The van der Waals surface area contributed by atoms with Crippen LogP contribution in [0, 0.1) is 0 Å². The van der Waals surface area contributed by atoms with E-state index in [1.807, 2.05) is 31.2 Å². The molecule has 6 nitrogen and oxygen atoms in total. The van der Waals surface area contributed by atoms with Crippen molar-refractivity contribution in [1.29, 1.82) is 0 Å². The maximum Gasteiger partial charge on any atom is 0.257 e. The van der Waals surface area contributed by atoms with E-state index >= 15 is 0 Å². The van der Waals surface area contributed by atoms with Crippen LogP contribution in [0.5, 0.6) is 0 Å². The maximum absolute atomic E-state index is 11.8. The number of rotatable bonds is 6. The second kappa shape index (κ2) is 7.12. The van der Waals surface area contributed by atoms with Crippen LogP contribution in [-0.2, 0) is 9.59 Å². The highest BCUT2D eigenvalue weighted by Gasteiger charge is 2.15. The Bertz CT molecular complexity index is 608. The Hall–Kier alpha value is -2.02. The van der Waals surface area contributed by atoms with Crippen LogP contribution >= 0.6 is 11.8 Å². The molecule has 1 aromatic heterocycles. The second-order valence-corrected chi connectivity index (χ2v) is 5.35. The smallest absolute Gasteiger partial charge is 0.257 e. The molecular weight excluding hydrogens is 290 g/mol. The van der Waals surface area contributed by atoms with Gasteiger partial charge in [0, 0.05) is 6.54 Å². The third kappa shape index (κ3) is 4.22. The molecule has 1 aromatic carbocycles. The third-order valence-electron chi connectivity index (χ3n) is 2.72. The number of para-hydroxylation sites is 2. The number of thioether (sulfide) groups is 1. The lowest BCUT2D eigenvalue weighted by Crippen LogP contribution is -2.45. The number of hydrogen-bond donors (Lipinski definition) is 2. The number of nitrogens with zero attached hydrogens (tertiary/aromatic N) is 1. The zero-order valence-electron chi connectivity index (χ0n) is 11.9. The van der Waals surface area contributed by atoms with Gasteiger partial charge in [0.25, 0.3) is 5.22 Å². The fraction of sp³-hybridized carbons (Fsp3) is 0.357. The fourth-order valence-electron chi connectivity index (χ4n) is 1.72. The molecule has 0 saturated carbocycles. The van der Waals surface area contributed by atoms with Crippen molar-refractivity contribution in [3.63, 3.8) is 0 Å². The lowest BCUT2D eigenvalue weighted by molar-refractivity contribution is -0.127. The second-order valence-electron chi connectivity index (χ2n) is 4.42. The zero-order valence-corrected chi connectivity index (χ0v) is 12.7. The van der Waals surface area contributed by atoms with Gasteiger partial charge in [-0.3, -0.25) is 9.59 Å². The molecule has 7 heteroatoms. The van der Waals surface area contributed by atoms with Gasteiger partial charge in [0.15, 0.2) is 5.58 Å². The Kier molecular flexibility index (Phi) is 5.21. The molecule has 2 N–H and O–H groups in total. The Morgan fingerprint density at radius 1 is 1.38 bits per heavy atom. The van der Waals surface area contributed by atoms with Crippen LogP contribution in [0.4, 0.5) is 0 Å². The molecule has 1 heterocycles. The molecule has 2 rings (SSSR count). The van der Waals surface area contributed by atoms with E-state index in [4.69, 9.17) is 4.42 Å². The molecule has 0 radical (unpaired) electrons. The maximum atomic E-state index is 11.8. The van der Waals surface area contributed by atoms with Gasteiger partial charge in [-0.05, 0) is 26.0 Å². The summed E-state index contributed by atoms with van der Waals surface area (Å²) >= 11 is 1.20. The van der Waals surface area contributed by atoms with E-state index in [1.54, 1.807) is 6.92 Å². The van der Waals surface area contributed by atoms with Crippen molar-refractivity contribution in [3.8, 4) is 0 Å². The zero-order chi connectivity index (χ0) is 15.2. The van der Waals surface area contributed by atoms with Crippen LogP contribution in [-0.4, -0.2) is 35.1 Å². The van der Waals surface area contributed by atoms with Gasteiger partial charge >= 0.3 is 0 Å². The fourth-order valence-corrected chi connectivity index (χ4v) is 2.37. The van der Waals surface area contributed by atoms with Gasteiger partial charge in [-0.25, -0.2) is 4.98 Å². The summed E-state index contributed by atoms with van der Waals surface area (Å²) in [7, 11) is 0. The first-order chi connectivity index (χ1) is 10.1. The average molecular weight is 307 g/mol. The molecule has 0 aliphatic carbocycles. The number of carbonyl (C=O) groups is 2. The van der Waals surface area contributed by atoms with Gasteiger partial charge in [0.2, 0.25) is 11.8 Å². The molecule has 0 aliphatic rings. The van der Waals surface area contributed by atoms with Crippen molar-refractivity contribution >= 4 is 34.7 Å². The van der Waals surface area contributed by atoms with Crippen molar-refractivity contribution in [2.24, 2.45) is 0 Å². The van der Waals surface area contributed by atoms with Crippen LogP contribution in [0.15, 0.2) is 33.9 Å². The minimum Gasteiger partial charge on any atom is -0.431 e. The normalized spacial score (nSPS) is 12.1. The highest BCUT2D eigenvalue weighted by atomic mass is 32.2. The Morgan fingerprint density at radius 3 is 2.86 bits per heavy atom. The molecule has 112 valence electrons. The molecule has 0 spiro atoms. The first-order valence-electron chi connectivity index (χ1n) is 6.65. The van der Waals surface area contributed by atoms with E-state index in [2.05, 4.69) is 15.6 Å². The van der Waals surface area contributed by atoms with Gasteiger partial charge in [-0.2, -0.15) is 0 Å². The Labute approximate surface area is 126 Å². The molecule has 21 heavy (non-hydrogen) atoms. The predicted octanol–water partition coefficient (Wildman–Crippen LogP) is 1.56. The van der Waals surface area contributed by atoms with Gasteiger partial charge in [0.05, 0.1) is 5.75 Å². The number of carbonyl (C=O) groups excluding carboxylic acids is 2. The molecule has 0 aliphatic heterocycles. The van der Waals surface area contributed by atoms with Crippen molar-refractivity contribution < 1.29 is 14.0 Å². The Morgan fingerprint density at radius 2 is 2.14 bits per heavy atom. The van der Waals surface area contributed by atoms with Gasteiger partial charge < -0.3 is 15.1 Å². The van der Waals surface area contributed by atoms with E-state index in [0.717, 1.165) is 5.52 Å². The van der Waals surface area contributed by atoms with Gasteiger partial charge in [0.1, 0.15) is 11.6 Å². The van der Waals surface area contributed by atoms with Crippen molar-refractivity contribution in [2.45, 2.75) is 25.1 Å². The molecule has 0 saturated heterocycles. The highest BCUT2D eigenvalue weighted by molar-refractivity contribution is 7.99. The topological polar surface area (TPSA) is 84.2 Å². The summed E-state index contributed by atoms with van der Waals surface area (Å²) in [6, 6.07) is 6.86. The number of likely N-dealkylation sites (N-methyl/N-ethyl adjacent to an activating group) is 1. The lowest BCUT2D eigenvalue weighted by atomic mass is 10.3. The molecule has 1 atom stereocenters. The van der Waals surface area contributed by atoms with E-state index in [1.165, 1.54) is 11.8 Å². The summed E-state index contributed by atoms with van der Waals surface area (Å²) in [5.74, 6) is -0.282. The number of fused-ring (bicyclic) bond motifs is 1. The largest absolute Gasteiger partial charge is 0.431 e. The standard InChI is InChI=1S/C14H17N3O3S/c1-3-15-13(19)9(2)16-12(18)8-21-14-17-10-6-4-5-7-11(10)20-14/h4-7,9H,3,8H2,1-2H3,(H,15,19)(H,16,18)/t9-/m1/s1. The molecule has 0 fully saturated rings. The summed E-state index contributed by atoms with van der Waals surface area (Å²) in [6.07, 6.45) is 0. The summed E-state index contributed by atoms with van der Waals surface area (Å²) in [5.41, 5.74) is 1.45. The summed E-state index contributed by atoms with van der Waals surface area (Å²) in [5, 5.41) is 5.72. The molecule has 2 amide bonds. The quantitative estimate of drug-likeness (QED) is 0.791. The van der Waals surface area contributed by atoms with Crippen LogP contribution in [0.25, 0.3) is 11.1 Å². The Balaban J connectivity index is 1.84. The predicted molar refractivity (Wildman–Crippen MR) is 81.0 cm³/mol.